The minimum atomic E-state index is 0. The highest BCUT2D eigenvalue weighted by molar-refractivity contribution is 5.93. The molecule has 2 N–H and O–H groups in total. The molecule has 0 aromatic heterocycles. The van der Waals surface area contributed by atoms with Crippen LogP contribution in [0.25, 0.3) is 10.8 Å². The van der Waals surface area contributed by atoms with Crippen molar-refractivity contribution in [3.05, 3.63) is 36.4 Å². The SMILES string of the molecule is COc1ccc2cccc(N)c2c1.Cl. The minimum Gasteiger partial charge on any atom is -0.497 e. The summed E-state index contributed by atoms with van der Waals surface area (Å²) in [4.78, 5) is 0. The fourth-order valence-corrected chi connectivity index (χ4v) is 1.40. The van der Waals surface area contributed by atoms with E-state index in [0.717, 1.165) is 22.2 Å². The number of ether oxygens (including phenoxy) is 1. The second-order valence-corrected chi connectivity index (χ2v) is 2.93. The molecule has 3 heteroatoms. The average molecular weight is 210 g/mol. The zero-order valence-electron chi connectivity index (χ0n) is 7.86. The molecule has 0 unspecified atom stereocenters. The second kappa shape index (κ2) is 4.20. The first kappa shape index (κ1) is 10.7. The summed E-state index contributed by atoms with van der Waals surface area (Å²) in [5.41, 5.74) is 6.61. The summed E-state index contributed by atoms with van der Waals surface area (Å²) in [7, 11) is 1.65. The van der Waals surface area contributed by atoms with E-state index in [-0.39, 0.29) is 12.4 Å². The lowest BCUT2D eigenvalue weighted by Gasteiger charge is -2.04. The molecular weight excluding hydrogens is 198 g/mol. The van der Waals surface area contributed by atoms with Gasteiger partial charge in [-0.2, -0.15) is 0 Å². The molecule has 0 aliphatic rings. The molecule has 2 nitrogen and oxygen atoms in total. The fraction of sp³-hybridized carbons (Fsp3) is 0.0909. The summed E-state index contributed by atoms with van der Waals surface area (Å²) in [6.45, 7) is 0. The third kappa shape index (κ3) is 1.75. The summed E-state index contributed by atoms with van der Waals surface area (Å²) < 4.78 is 5.12. The molecule has 0 heterocycles. The van der Waals surface area contributed by atoms with E-state index >= 15 is 0 Å². The van der Waals surface area contributed by atoms with Crippen LogP contribution in [0.15, 0.2) is 36.4 Å². The predicted molar refractivity (Wildman–Crippen MR) is 62.2 cm³/mol. The lowest BCUT2D eigenvalue weighted by atomic mass is 10.1. The summed E-state index contributed by atoms with van der Waals surface area (Å²) in [6, 6.07) is 11.8. The smallest absolute Gasteiger partial charge is 0.119 e. The van der Waals surface area contributed by atoms with Crippen LogP contribution in [0.2, 0.25) is 0 Å². The minimum absolute atomic E-state index is 0. The highest BCUT2D eigenvalue weighted by Crippen LogP contribution is 2.24. The summed E-state index contributed by atoms with van der Waals surface area (Å²) in [5, 5.41) is 2.18. The van der Waals surface area contributed by atoms with Crippen molar-refractivity contribution in [3.8, 4) is 5.75 Å². The van der Waals surface area contributed by atoms with Gasteiger partial charge in [-0.15, -0.1) is 12.4 Å². The topological polar surface area (TPSA) is 35.2 Å². The van der Waals surface area contributed by atoms with Crippen molar-refractivity contribution in [1.82, 2.24) is 0 Å². The molecule has 0 aliphatic carbocycles. The maximum atomic E-state index is 5.82. The van der Waals surface area contributed by atoms with Gasteiger partial charge < -0.3 is 10.5 Å². The number of benzene rings is 2. The Morgan fingerprint density at radius 1 is 1.14 bits per heavy atom. The third-order valence-electron chi connectivity index (χ3n) is 2.12. The lowest BCUT2D eigenvalue weighted by molar-refractivity contribution is 0.415. The van der Waals surface area contributed by atoms with Crippen LogP contribution < -0.4 is 10.5 Å². The summed E-state index contributed by atoms with van der Waals surface area (Å²) >= 11 is 0. The van der Waals surface area contributed by atoms with Gasteiger partial charge in [0.1, 0.15) is 5.75 Å². The van der Waals surface area contributed by atoms with Crippen LogP contribution in [0.5, 0.6) is 5.75 Å². The molecule has 14 heavy (non-hydrogen) atoms. The first-order chi connectivity index (χ1) is 6.31. The second-order valence-electron chi connectivity index (χ2n) is 2.93. The number of hydrogen-bond acceptors (Lipinski definition) is 2. The van der Waals surface area contributed by atoms with Crippen molar-refractivity contribution in [2.24, 2.45) is 0 Å². The monoisotopic (exact) mass is 209 g/mol. The third-order valence-corrected chi connectivity index (χ3v) is 2.12. The molecule has 0 atom stereocenters. The Morgan fingerprint density at radius 2 is 1.93 bits per heavy atom. The van der Waals surface area contributed by atoms with Gasteiger partial charge >= 0.3 is 0 Å². The summed E-state index contributed by atoms with van der Waals surface area (Å²) in [5.74, 6) is 0.838. The first-order valence-corrected chi connectivity index (χ1v) is 4.13. The molecule has 0 bridgehead atoms. The molecule has 0 radical (unpaired) electrons. The number of rotatable bonds is 1. The van der Waals surface area contributed by atoms with Crippen LogP contribution in [0.4, 0.5) is 5.69 Å². The molecule has 0 fully saturated rings. The van der Waals surface area contributed by atoms with Gasteiger partial charge in [-0.1, -0.05) is 18.2 Å². The van der Waals surface area contributed by atoms with Crippen LogP contribution >= 0.6 is 12.4 Å². The number of fused-ring (bicyclic) bond motifs is 1. The zero-order chi connectivity index (χ0) is 9.26. The largest absolute Gasteiger partial charge is 0.497 e. The molecule has 0 amide bonds. The van der Waals surface area contributed by atoms with Gasteiger partial charge in [0.05, 0.1) is 7.11 Å². The van der Waals surface area contributed by atoms with Crippen molar-refractivity contribution in [1.29, 1.82) is 0 Å². The highest BCUT2D eigenvalue weighted by Gasteiger charge is 1.98. The maximum absolute atomic E-state index is 5.82. The first-order valence-electron chi connectivity index (χ1n) is 4.13. The van der Waals surface area contributed by atoms with E-state index in [0.29, 0.717) is 0 Å². The highest BCUT2D eigenvalue weighted by atomic mass is 35.5. The van der Waals surface area contributed by atoms with Gasteiger partial charge in [0.25, 0.3) is 0 Å². The Balaban J connectivity index is 0.000000980. The quantitative estimate of drug-likeness (QED) is 0.733. The molecule has 2 aromatic rings. The number of anilines is 1. The van der Waals surface area contributed by atoms with Crippen molar-refractivity contribution < 1.29 is 4.74 Å². The van der Waals surface area contributed by atoms with E-state index < -0.39 is 0 Å². The van der Waals surface area contributed by atoms with Gasteiger partial charge in [-0.25, -0.2) is 0 Å². The van der Waals surface area contributed by atoms with Gasteiger partial charge in [-0.05, 0) is 23.6 Å². The Labute approximate surface area is 89.1 Å². The molecular formula is C11H12ClNO. The van der Waals surface area contributed by atoms with E-state index in [1.54, 1.807) is 7.11 Å². The van der Waals surface area contributed by atoms with E-state index in [9.17, 15) is 0 Å². The molecule has 0 saturated carbocycles. The zero-order valence-corrected chi connectivity index (χ0v) is 8.67. The standard InChI is InChI=1S/C11H11NO.ClH/c1-13-9-6-5-8-3-2-4-11(12)10(8)7-9;/h2-7H,12H2,1H3;1H. The van der Waals surface area contributed by atoms with Gasteiger partial charge in [-0.3, -0.25) is 0 Å². The number of halogens is 1. The van der Waals surface area contributed by atoms with Crippen LogP contribution in [-0.4, -0.2) is 7.11 Å². The van der Waals surface area contributed by atoms with Crippen LogP contribution in [0, 0.1) is 0 Å². The Hall–Kier alpha value is -1.41. The van der Waals surface area contributed by atoms with Crippen molar-refractivity contribution >= 4 is 28.9 Å². The Kier molecular flexibility index (Phi) is 3.20. The number of nitrogen functional groups attached to an aromatic ring is 1. The molecule has 2 rings (SSSR count). The van der Waals surface area contributed by atoms with E-state index in [1.165, 1.54) is 0 Å². The number of methoxy groups -OCH3 is 1. The van der Waals surface area contributed by atoms with Crippen molar-refractivity contribution in [3.63, 3.8) is 0 Å². The van der Waals surface area contributed by atoms with Gasteiger partial charge in [0.15, 0.2) is 0 Å². The number of hydrogen-bond donors (Lipinski definition) is 1. The maximum Gasteiger partial charge on any atom is 0.119 e. The molecule has 0 aliphatic heterocycles. The Morgan fingerprint density at radius 3 is 2.64 bits per heavy atom. The average Bonchev–Trinajstić information content (AvgIpc) is 2.18. The molecule has 2 aromatic carbocycles. The fourth-order valence-electron chi connectivity index (χ4n) is 1.40. The van der Waals surface area contributed by atoms with Crippen LogP contribution in [0.3, 0.4) is 0 Å². The van der Waals surface area contributed by atoms with Gasteiger partial charge in [0.2, 0.25) is 0 Å². The lowest BCUT2D eigenvalue weighted by Crippen LogP contribution is -1.87. The molecule has 74 valence electrons. The number of nitrogens with two attached hydrogens (primary N) is 1. The van der Waals surface area contributed by atoms with E-state index in [2.05, 4.69) is 0 Å². The van der Waals surface area contributed by atoms with Crippen molar-refractivity contribution in [2.75, 3.05) is 12.8 Å². The summed E-state index contributed by atoms with van der Waals surface area (Å²) in [6.07, 6.45) is 0. The van der Waals surface area contributed by atoms with Crippen molar-refractivity contribution in [2.45, 2.75) is 0 Å². The molecule has 0 saturated heterocycles. The van der Waals surface area contributed by atoms with Crippen LogP contribution in [0.1, 0.15) is 0 Å². The normalized spacial score (nSPS) is 9.50. The molecule has 0 spiro atoms. The predicted octanol–water partition coefficient (Wildman–Crippen LogP) is 2.85. The van der Waals surface area contributed by atoms with E-state index in [4.69, 9.17) is 10.5 Å². The van der Waals surface area contributed by atoms with Crippen LogP contribution in [-0.2, 0) is 0 Å². The Bertz CT molecular complexity index is 442. The van der Waals surface area contributed by atoms with E-state index in [1.807, 2.05) is 36.4 Å². The van der Waals surface area contributed by atoms with Gasteiger partial charge in [0, 0.05) is 11.1 Å².